The standard InChI is InChI=1S/C16H22O4/c1-5-20-15(19)16(4,14(17)18)10-12-6-8-13(9-7-12)11(2)3/h6-9,11H,5,10H2,1-4H3,(H,17,18). The van der Waals surface area contributed by atoms with Gasteiger partial charge in [0.25, 0.3) is 0 Å². The molecule has 4 heteroatoms. The Morgan fingerprint density at radius 3 is 2.20 bits per heavy atom. The van der Waals surface area contributed by atoms with Gasteiger partial charge >= 0.3 is 11.9 Å². The molecule has 0 saturated heterocycles. The lowest BCUT2D eigenvalue weighted by molar-refractivity contribution is -0.167. The fraction of sp³-hybridized carbons (Fsp3) is 0.500. The van der Waals surface area contributed by atoms with Crippen LogP contribution in [0.25, 0.3) is 0 Å². The van der Waals surface area contributed by atoms with E-state index in [2.05, 4.69) is 13.8 Å². The molecule has 1 atom stereocenters. The first kappa shape index (κ1) is 16.2. The highest BCUT2D eigenvalue weighted by molar-refractivity contribution is 5.99. The van der Waals surface area contributed by atoms with Crippen molar-refractivity contribution in [1.82, 2.24) is 0 Å². The number of hydrogen-bond donors (Lipinski definition) is 1. The Morgan fingerprint density at radius 1 is 1.25 bits per heavy atom. The highest BCUT2D eigenvalue weighted by Crippen LogP contribution is 2.26. The van der Waals surface area contributed by atoms with Crippen LogP contribution in [-0.4, -0.2) is 23.7 Å². The van der Waals surface area contributed by atoms with Gasteiger partial charge in [-0.25, -0.2) is 0 Å². The lowest BCUT2D eigenvalue weighted by Gasteiger charge is -2.22. The van der Waals surface area contributed by atoms with Gasteiger partial charge in [0.2, 0.25) is 0 Å². The number of carboxylic acids is 1. The molecule has 20 heavy (non-hydrogen) atoms. The Balaban J connectivity index is 2.96. The number of carboxylic acid groups (broad SMARTS) is 1. The maximum Gasteiger partial charge on any atom is 0.323 e. The molecule has 1 unspecified atom stereocenters. The number of ether oxygens (including phenoxy) is 1. The highest BCUT2D eigenvalue weighted by Gasteiger charge is 2.43. The zero-order valence-electron chi connectivity index (χ0n) is 12.5. The van der Waals surface area contributed by atoms with Crippen molar-refractivity contribution in [3.8, 4) is 0 Å². The van der Waals surface area contributed by atoms with Gasteiger partial charge in [0.1, 0.15) is 0 Å². The molecular formula is C16H22O4. The Labute approximate surface area is 119 Å². The lowest BCUT2D eigenvalue weighted by Crippen LogP contribution is -2.40. The van der Waals surface area contributed by atoms with Crippen molar-refractivity contribution < 1.29 is 19.4 Å². The fourth-order valence-corrected chi connectivity index (χ4v) is 1.95. The normalized spacial score (nSPS) is 13.8. The van der Waals surface area contributed by atoms with Crippen LogP contribution in [0, 0.1) is 5.41 Å². The second-order valence-corrected chi connectivity index (χ2v) is 5.43. The third kappa shape index (κ3) is 3.59. The van der Waals surface area contributed by atoms with E-state index in [9.17, 15) is 14.7 Å². The number of rotatable bonds is 6. The van der Waals surface area contributed by atoms with E-state index in [1.165, 1.54) is 12.5 Å². The SMILES string of the molecule is CCOC(=O)C(C)(Cc1ccc(C(C)C)cc1)C(=O)O. The molecule has 0 aromatic heterocycles. The number of benzene rings is 1. The zero-order valence-corrected chi connectivity index (χ0v) is 12.5. The predicted molar refractivity (Wildman–Crippen MR) is 76.6 cm³/mol. The zero-order chi connectivity index (χ0) is 15.3. The maximum absolute atomic E-state index is 11.9. The minimum absolute atomic E-state index is 0.125. The number of esters is 1. The summed E-state index contributed by atoms with van der Waals surface area (Å²) in [6.45, 7) is 7.43. The van der Waals surface area contributed by atoms with Crippen molar-refractivity contribution >= 4 is 11.9 Å². The van der Waals surface area contributed by atoms with Gasteiger partial charge in [-0.05, 0) is 37.3 Å². The van der Waals surface area contributed by atoms with Crippen LogP contribution in [0.1, 0.15) is 44.7 Å². The van der Waals surface area contributed by atoms with Crippen molar-refractivity contribution in [2.24, 2.45) is 5.41 Å². The van der Waals surface area contributed by atoms with Gasteiger partial charge in [-0.1, -0.05) is 38.1 Å². The first-order valence-electron chi connectivity index (χ1n) is 6.80. The molecule has 0 aliphatic carbocycles. The molecule has 1 N–H and O–H groups in total. The summed E-state index contributed by atoms with van der Waals surface area (Å²) in [4.78, 5) is 23.3. The van der Waals surface area contributed by atoms with E-state index in [0.29, 0.717) is 5.92 Å². The molecule has 1 aromatic rings. The van der Waals surface area contributed by atoms with Crippen molar-refractivity contribution in [1.29, 1.82) is 0 Å². The van der Waals surface area contributed by atoms with Crippen LogP contribution in [0.15, 0.2) is 24.3 Å². The number of hydrogen-bond acceptors (Lipinski definition) is 3. The smallest absolute Gasteiger partial charge is 0.323 e. The van der Waals surface area contributed by atoms with Gasteiger partial charge < -0.3 is 9.84 Å². The number of carbonyl (C=O) groups is 2. The molecule has 0 fully saturated rings. The topological polar surface area (TPSA) is 63.6 Å². The van der Waals surface area contributed by atoms with Crippen molar-refractivity contribution in [3.63, 3.8) is 0 Å². The van der Waals surface area contributed by atoms with Gasteiger partial charge in [-0.3, -0.25) is 9.59 Å². The van der Waals surface area contributed by atoms with Crippen LogP contribution >= 0.6 is 0 Å². The molecule has 4 nitrogen and oxygen atoms in total. The Morgan fingerprint density at radius 2 is 1.80 bits per heavy atom. The molecule has 1 aromatic carbocycles. The summed E-state index contributed by atoms with van der Waals surface area (Å²) in [7, 11) is 0. The van der Waals surface area contributed by atoms with Crippen LogP contribution < -0.4 is 0 Å². The number of carbonyl (C=O) groups excluding carboxylic acids is 1. The Kier molecular flexibility index (Phi) is 5.31. The van der Waals surface area contributed by atoms with E-state index >= 15 is 0 Å². The van der Waals surface area contributed by atoms with E-state index in [1.54, 1.807) is 6.92 Å². The summed E-state index contributed by atoms with van der Waals surface area (Å²) in [6.07, 6.45) is 0.125. The summed E-state index contributed by atoms with van der Waals surface area (Å²) in [5.41, 5.74) is 0.448. The van der Waals surface area contributed by atoms with Crippen LogP contribution in [0.3, 0.4) is 0 Å². The van der Waals surface area contributed by atoms with E-state index < -0.39 is 17.4 Å². The molecule has 0 saturated carbocycles. The van der Waals surface area contributed by atoms with Gasteiger partial charge in [0.05, 0.1) is 6.61 Å². The predicted octanol–water partition coefficient (Wildman–Crippen LogP) is 3.01. The minimum Gasteiger partial charge on any atom is -0.480 e. The van der Waals surface area contributed by atoms with Gasteiger partial charge in [-0.2, -0.15) is 0 Å². The van der Waals surface area contributed by atoms with Crippen LogP contribution in [0.2, 0.25) is 0 Å². The first-order chi connectivity index (χ1) is 9.31. The monoisotopic (exact) mass is 278 g/mol. The molecule has 0 aliphatic heterocycles. The molecule has 0 radical (unpaired) electrons. The molecule has 0 bridgehead atoms. The van der Waals surface area contributed by atoms with Crippen molar-refractivity contribution in [3.05, 3.63) is 35.4 Å². The highest BCUT2D eigenvalue weighted by atomic mass is 16.5. The van der Waals surface area contributed by atoms with E-state index in [4.69, 9.17) is 4.74 Å². The van der Waals surface area contributed by atoms with Crippen molar-refractivity contribution in [2.75, 3.05) is 6.61 Å². The second-order valence-electron chi connectivity index (χ2n) is 5.43. The third-order valence-corrected chi connectivity index (χ3v) is 3.40. The molecular weight excluding hydrogens is 256 g/mol. The van der Waals surface area contributed by atoms with Crippen molar-refractivity contribution in [2.45, 2.75) is 40.0 Å². The molecule has 0 aliphatic rings. The van der Waals surface area contributed by atoms with Crippen LogP contribution in [-0.2, 0) is 20.7 Å². The minimum atomic E-state index is -1.55. The van der Waals surface area contributed by atoms with Crippen LogP contribution in [0.5, 0.6) is 0 Å². The molecule has 0 spiro atoms. The quantitative estimate of drug-likeness (QED) is 0.641. The lowest BCUT2D eigenvalue weighted by atomic mass is 9.83. The second kappa shape index (κ2) is 6.55. The summed E-state index contributed by atoms with van der Waals surface area (Å²) >= 11 is 0. The van der Waals surface area contributed by atoms with Gasteiger partial charge in [0.15, 0.2) is 5.41 Å². The van der Waals surface area contributed by atoms with Gasteiger partial charge in [-0.15, -0.1) is 0 Å². The summed E-state index contributed by atoms with van der Waals surface area (Å²) in [5, 5.41) is 9.33. The van der Waals surface area contributed by atoms with E-state index in [-0.39, 0.29) is 13.0 Å². The maximum atomic E-state index is 11.9. The molecule has 0 heterocycles. The van der Waals surface area contributed by atoms with Gasteiger partial charge in [0, 0.05) is 0 Å². The Hall–Kier alpha value is -1.84. The molecule has 110 valence electrons. The first-order valence-corrected chi connectivity index (χ1v) is 6.80. The molecule has 1 rings (SSSR count). The summed E-state index contributed by atoms with van der Waals surface area (Å²) < 4.78 is 4.88. The van der Waals surface area contributed by atoms with E-state index in [0.717, 1.165) is 5.56 Å². The average molecular weight is 278 g/mol. The summed E-state index contributed by atoms with van der Waals surface area (Å²) in [5.74, 6) is -1.44. The van der Waals surface area contributed by atoms with E-state index in [1.807, 2.05) is 24.3 Å². The Bertz CT molecular complexity index is 476. The average Bonchev–Trinajstić information content (AvgIpc) is 2.39. The number of aliphatic carboxylic acids is 1. The van der Waals surface area contributed by atoms with Crippen LogP contribution in [0.4, 0.5) is 0 Å². The molecule has 0 amide bonds. The fourth-order valence-electron chi connectivity index (χ4n) is 1.95. The third-order valence-electron chi connectivity index (χ3n) is 3.40. The largest absolute Gasteiger partial charge is 0.480 e. The summed E-state index contributed by atoms with van der Waals surface area (Å²) in [6, 6.07) is 7.67.